The minimum atomic E-state index is 0. The van der Waals surface area contributed by atoms with Crippen molar-refractivity contribution in [2.75, 3.05) is 39.3 Å². The van der Waals surface area contributed by atoms with Gasteiger partial charge in [0.05, 0.1) is 6.54 Å². The summed E-state index contributed by atoms with van der Waals surface area (Å²) < 4.78 is 0. The molecule has 0 aliphatic carbocycles. The second kappa shape index (κ2) is 13.1. The zero-order chi connectivity index (χ0) is 19.6. The predicted octanol–water partition coefficient (Wildman–Crippen LogP) is 2.84. The lowest BCUT2D eigenvalue weighted by atomic mass is 10.0. The number of hydrogen-bond acceptors (Lipinski definition) is 3. The number of aliphatic imine (C=N–C) groups is 1. The summed E-state index contributed by atoms with van der Waals surface area (Å²) in [5.41, 5.74) is 1.38. The Bertz CT molecular complexity index is 625. The van der Waals surface area contributed by atoms with Crippen LogP contribution in [-0.2, 0) is 11.3 Å². The molecule has 3 rings (SSSR count). The number of amides is 1. The van der Waals surface area contributed by atoms with Crippen molar-refractivity contribution in [1.82, 2.24) is 20.4 Å². The molecule has 0 spiro atoms. The van der Waals surface area contributed by atoms with E-state index in [0.29, 0.717) is 19.0 Å². The second-order valence-corrected chi connectivity index (χ2v) is 7.78. The molecular weight excluding hydrogens is 477 g/mol. The van der Waals surface area contributed by atoms with E-state index in [1.54, 1.807) is 0 Å². The first-order valence-corrected chi connectivity index (χ1v) is 10.8. The van der Waals surface area contributed by atoms with Crippen LogP contribution < -0.4 is 10.6 Å². The maximum atomic E-state index is 12.2. The number of carbonyl (C=O) groups is 1. The molecule has 29 heavy (non-hydrogen) atoms. The second-order valence-electron chi connectivity index (χ2n) is 7.78. The third kappa shape index (κ3) is 8.12. The van der Waals surface area contributed by atoms with Crippen LogP contribution in [0.25, 0.3) is 0 Å². The van der Waals surface area contributed by atoms with E-state index in [-0.39, 0.29) is 29.9 Å². The molecule has 0 saturated carbocycles. The number of carbonyl (C=O) groups excluding carboxylic acids is 1. The third-order valence-corrected chi connectivity index (χ3v) is 5.58. The van der Waals surface area contributed by atoms with Gasteiger partial charge in [-0.05, 0) is 38.2 Å². The molecule has 2 heterocycles. The van der Waals surface area contributed by atoms with Gasteiger partial charge in [-0.3, -0.25) is 14.7 Å². The fourth-order valence-electron chi connectivity index (χ4n) is 3.98. The van der Waals surface area contributed by atoms with E-state index < -0.39 is 0 Å². The monoisotopic (exact) mass is 513 g/mol. The van der Waals surface area contributed by atoms with E-state index in [1.165, 1.54) is 5.56 Å². The number of guanidine groups is 1. The fraction of sp³-hybridized carbons (Fsp3) is 0.636. The van der Waals surface area contributed by atoms with Crippen molar-refractivity contribution >= 4 is 35.8 Å². The van der Waals surface area contributed by atoms with Gasteiger partial charge in [0.2, 0.25) is 5.91 Å². The number of halogens is 1. The van der Waals surface area contributed by atoms with Crippen LogP contribution in [0.3, 0.4) is 0 Å². The van der Waals surface area contributed by atoms with Crippen LogP contribution >= 0.6 is 24.0 Å². The Balaban J connectivity index is 0.00000300. The number of hydrogen-bond donors (Lipinski definition) is 2. The van der Waals surface area contributed by atoms with E-state index in [4.69, 9.17) is 0 Å². The number of likely N-dealkylation sites (tertiary alicyclic amines) is 2. The topological polar surface area (TPSA) is 60.0 Å². The minimum absolute atomic E-state index is 0. The number of nitrogens with zero attached hydrogens (tertiary/aromatic N) is 3. The summed E-state index contributed by atoms with van der Waals surface area (Å²) in [5, 5.41) is 6.90. The number of nitrogens with one attached hydrogen (secondary N) is 2. The molecule has 1 aromatic rings. The van der Waals surface area contributed by atoms with E-state index in [2.05, 4.69) is 57.8 Å². The lowest BCUT2D eigenvalue weighted by Crippen LogP contribution is -2.48. The number of benzene rings is 1. The molecule has 6 nitrogen and oxygen atoms in total. The van der Waals surface area contributed by atoms with E-state index in [9.17, 15) is 4.79 Å². The van der Waals surface area contributed by atoms with Gasteiger partial charge in [0.25, 0.3) is 0 Å². The molecule has 0 radical (unpaired) electrons. The van der Waals surface area contributed by atoms with E-state index in [0.717, 1.165) is 70.9 Å². The molecule has 7 heteroatoms. The van der Waals surface area contributed by atoms with Crippen molar-refractivity contribution in [1.29, 1.82) is 0 Å². The third-order valence-electron chi connectivity index (χ3n) is 5.58. The molecule has 162 valence electrons. The molecule has 2 aliphatic heterocycles. The van der Waals surface area contributed by atoms with Crippen molar-refractivity contribution in [2.45, 2.75) is 51.6 Å². The van der Waals surface area contributed by atoms with Gasteiger partial charge in [-0.1, -0.05) is 30.3 Å². The van der Waals surface area contributed by atoms with Gasteiger partial charge in [0.15, 0.2) is 5.96 Å². The Morgan fingerprint density at radius 1 is 1.10 bits per heavy atom. The van der Waals surface area contributed by atoms with Gasteiger partial charge in [-0.15, -0.1) is 24.0 Å². The smallest absolute Gasteiger partial charge is 0.224 e. The normalized spacial score (nSPS) is 18.4. The maximum Gasteiger partial charge on any atom is 0.224 e. The Labute approximate surface area is 192 Å². The molecule has 0 aromatic heterocycles. The van der Waals surface area contributed by atoms with Crippen molar-refractivity contribution in [3.63, 3.8) is 0 Å². The molecule has 2 N–H and O–H groups in total. The molecule has 2 saturated heterocycles. The van der Waals surface area contributed by atoms with Crippen molar-refractivity contribution in [3.05, 3.63) is 35.9 Å². The first kappa shape index (κ1) is 23.9. The van der Waals surface area contributed by atoms with Crippen LogP contribution in [0.1, 0.15) is 44.6 Å². The van der Waals surface area contributed by atoms with Crippen LogP contribution in [0.4, 0.5) is 0 Å². The summed E-state index contributed by atoms with van der Waals surface area (Å²) >= 11 is 0. The fourth-order valence-corrected chi connectivity index (χ4v) is 3.98. The van der Waals surface area contributed by atoms with Crippen LogP contribution in [0, 0.1) is 0 Å². The van der Waals surface area contributed by atoms with Crippen LogP contribution in [0.5, 0.6) is 0 Å². The minimum Gasteiger partial charge on any atom is -0.357 e. The standard InChI is InChI=1S/C22H35N5O.HI/c1-2-23-22(24-13-10-21(28)27-14-6-7-15-27)25-20-11-16-26(17-12-20)18-19-8-4-3-5-9-19;/h3-5,8-9,20H,2,6-7,10-18H2,1H3,(H2,23,24,25);1H. The zero-order valence-corrected chi connectivity index (χ0v) is 19.9. The summed E-state index contributed by atoms with van der Waals surface area (Å²) in [6.45, 7) is 8.52. The lowest BCUT2D eigenvalue weighted by molar-refractivity contribution is -0.129. The van der Waals surface area contributed by atoms with Gasteiger partial charge in [0, 0.05) is 51.7 Å². The molecule has 1 aromatic carbocycles. The van der Waals surface area contributed by atoms with E-state index >= 15 is 0 Å². The summed E-state index contributed by atoms with van der Waals surface area (Å²) in [4.78, 5) is 21.3. The highest BCUT2D eigenvalue weighted by molar-refractivity contribution is 14.0. The lowest BCUT2D eigenvalue weighted by Gasteiger charge is -2.33. The summed E-state index contributed by atoms with van der Waals surface area (Å²) in [6, 6.07) is 11.1. The Morgan fingerprint density at radius 3 is 2.45 bits per heavy atom. The highest BCUT2D eigenvalue weighted by Crippen LogP contribution is 2.14. The highest BCUT2D eigenvalue weighted by Gasteiger charge is 2.20. The zero-order valence-electron chi connectivity index (χ0n) is 17.6. The van der Waals surface area contributed by atoms with Gasteiger partial charge < -0.3 is 15.5 Å². The Morgan fingerprint density at radius 2 is 1.79 bits per heavy atom. The first-order chi connectivity index (χ1) is 13.7. The summed E-state index contributed by atoms with van der Waals surface area (Å²) in [6.07, 6.45) is 5.02. The van der Waals surface area contributed by atoms with E-state index in [1.807, 2.05) is 4.90 Å². The SMILES string of the molecule is CCNC(=NCCC(=O)N1CCCC1)NC1CCN(Cc2ccccc2)CC1.I. The molecular formula is C22H36IN5O. The van der Waals surface area contributed by atoms with Crippen LogP contribution in [0.15, 0.2) is 35.3 Å². The molecule has 1 amide bonds. The Hall–Kier alpha value is -1.35. The quantitative estimate of drug-likeness (QED) is 0.335. The first-order valence-electron chi connectivity index (χ1n) is 10.8. The van der Waals surface area contributed by atoms with Crippen molar-refractivity contribution < 1.29 is 4.79 Å². The van der Waals surface area contributed by atoms with Crippen molar-refractivity contribution in [3.8, 4) is 0 Å². The van der Waals surface area contributed by atoms with Gasteiger partial charge in [-0.25, -0.2) is 0 Å². The van der Waals surface area contributed by atoms with Crippen molar-refractivity contribution in [2.24, 2.45) is 4.99 Å². The summed E-state index contributed by atoms with van der Waals surface area (Å²) in [5.74, 6) is 1.09. The molecule has 0 atom stereocenters. The molecule has 2 aliphatic rings. The Kier molecular flexibility index (Phi) is 10.8. The number of rotatable bonds is 7. The predicted molar refractivity (Wildman–Crippen MR) is 130 cm³/mol. The average molecular weight is 513 g/mol. The molecule has 0 bridgehead atoms. The van der Waals surface area contributed by atoms with Crippen LogP contribution in [0.2, 0.25) is 0 Å². The highest BCUT2D eigenvalue weighted by atomic mass is 127. The molecule has 0 unspecified atom stereocenters. The van der Waals surface area contributed by atoms with Gasteiger partial charge >= 0.3 is 0 Å². The van der Waals surface area contributed by atoms with Gasteiger partial charge in [0.1, 0.15) is 0 Å². The van der Waals surface area contributed by atoms with Crippen LogP contribution in [-0.4, -0.2) is 67.0 Å². The molecule has 2 fully saturated rings. The number of piperidine rings is 1. The maximum absolute atomic E-state index is 12.2. The summed E-state index contributed by atoms with van der Waals surface area (Å²) in [7, 11) is 0. The van der Waals surface area contributed by atoms with Gasteiger partial charge in [-0.2, -0.15) is 0 Å². The average Bonchev–Trinajstić information content (AvgIpc) is 3.25. The largest absolute Gasteiger partial charge is 0.357 e.